The van der Waals surface area contributed by atoms with Crippen molar-refractivity contribution >= 4 is 11.7 Å². The molecule has 0 spiro atoms. The Balaban J connectivity index is 1.43. The van der Waals surface area contributed by atoms with Crippen LogP contribution in [0.2, 0.25) is 0 Å². The number of likely N-dealkylation sites (tertiary alicyclic amines) is 1. The van der Waals surface area contributed by atoms with Gasteiger partial charge in [0.15, 0.2) is 5.82 Å². The largest absolute Gasteiger partial charge is 0.381 e. The molecule has 2 aliphatic rings. The smallest absolute Gasteiger partial charge is 0.225 e. The highest BCUT2D eigenvalue weighted by atomic mass is 16.5. The maximum atomic E-state index is 13.0. The third-order valence-electron chi connectivity index (χ3n) is 6.56. The molecule has 3 heterocycles. The van der Waals surface area contributed by atoms with Crippen molar-refractivity contribution < 1.29 is 9.53 Å². The molecule has 0 N–H and O–H groups in total. The lowest BCUT2D eigenvalue weighted by Crippen LogP contribution is -2.42. The predicted octanol–water partition coefficient (Wildman–Crippen LogP) is 2.91. The number of nitrogens with zero attached hydrogens (tertiary/aromatic N) is 6. The van der Waals surface area contributed by atoms with Crippen molar-refractivity contribution in [1.29, 1.82) is 0 Å². The molecule has 2 aromatic rings. The Morgan fingerprint density at radius 3 is 2.42 bits per heavy atom. The summed E-state index contributed by atoms with van der Waals surface area (Å²) in [5, 5.41) is 0. The molecule has 166 valence electrons. The zero-order valence-electron chi connectivity index (χ0n) is 18.7. The average molecular weight is 425 g/mol. The van der Waals surface area contributed by atoms with Crippen LogP contribution >= 0.6 is 0 Å². The van der Waals surface area contributed by atoms with Crippen LogP contribution in [0.15, 0.2) is 24.7 Å². The summed E-state index contributed by atoms with van der Waals surface area (Å²) in [6.07, 6.45) is 11.0. The van der Waals surface area contributed by atoms with Crippen molar-refractivity contribution in [3.8, 4) is 11.5 Å². The van der Waals surface area contributed by atoms with Gasteiger partial charge in [0.1, 0.15) is 11.5 Å². The third-order valence-corrected chi connectivity index (χ3v) is 6.56. The van der Waals surface area contributed by atoms with Gasteiger partial charge in [-0.15, -0.1) is 0 Å². The fraction of sp³-hybridized carbons (Fsp3) is 0.609. The summed E-state index contributed by atoms with van der Waals surface area (Å²) >= 11 is 0. The van der Waals surface area contributed by atoms with Crippen LogP contribution in [0, 0.1) is 5.92 Å². The Morgan fingerprint density at radius 1 is 1.06 bits per heavy atom. The number of amides is 1. The second kappa shape index (κ2) is 9.68. The van der Waals surface area contributed by atoms with Gasteiger partial charge in [-0.25, -0.2) is 15.0 Å². The normalized spacial score (nSPS) is 22.4. The van der Waals surface area contributed by atoms with Gasteiger partial charge in [0.25, 0.3) is 0 Å². The third kappa shape index (κ3) is 5.01. The van der Waals surface area contributed by atoms with E-state index < -0.39 is 0 Å². The van der Waals surface area contributed by atoms with Gasteiger partial charge >= 0.3 is 0 Å². The van der Waals surface area contributed by atoms with Crippen molar-refractivity contribution in [2.45, 2.75) is 50.5 Å². The van der Waals surface area contributed by atoms with Gasteiger partial charge in [-0.3, -0.25) is 9.78 Å². The van der Waals surface area contributed by atoms with Crippen molar-refractivity contribution in [2.75, 3.05) is 39.2 Å². The van der Waals surface area contributed by atoms with Gasteiger partial charge in [-0.05, 0) is 38.5 Å². The minimum atomic E-state index is 0.158. The molecule has 2 aromatic heterocycles. The first kappa shape index (κ1) is 21.6. The van der Waals surface area contributed by atoms with Crippen LogP contribution in [-0.2, 0) is 9.53 Å². The number of anilines is 1. The molecule has 4 rings (SSSR count). The molecule has 31 heavy (non-hydrogen) atoms. The van der Waals surface area contributed by atoms with E-state index in [2.05, 4.69) is 25.9 Å². The van der Waals surface area contributed by atoms with E-state index in [-0.39, 0.29) is 5.92 Å². The van der Waals surface area contributed by atoms with Gasteiger partial charge in [0.2, 0.25) is 5.91 Å². The number of aromatic nitrogens is 4. The molecule has 0 unspecified atom stereocenters. The first-order valence-corrected chi connectivity index (χ1v) is 11.2. The standard InChI is InChI=1S/C23H32N6O2/c1-28(2)21-14-19(26-22(27-21)20-15-24-10-11-25-20)16-8-12-29(13-9-16)23(30)17-4-6-18(31-3)7-5-17/h10-11,14-18H,4-9,12-13H2,1-3H3. The number of rotatable bonds is 5. The lowest BCUT2D eigenvalue weighted by Gasteiger charge is -2.36. The quantitative estimate of drug-likeness (QED) is 0.730. The Morgan fingerprint density at radius 2 is 1.81 bits per heavy atom. The van der Waals surface area contributed by atoms with Gasteiger partial charge in [0.05, 0.1) is 12.3 Å². The van der Waals surface area contributed by atoms with Crippen LogP contribution < -0.4 is 4.90 Å². The molecule has 1 saturated heterocycles. The molecule has 0 bridgehead atoms. The maximum Gasteiger partial charge on any atom is 0.225 e. The minimum Gasteiger partial charge on any atom is -0.381 e. The molecular weight excluding hydrogens is 392 g/mol. The summed E-state index contributed by atoms with van der Waals surface area (Å²) in [4.78, 5) is 35.1. The molecule has 0 aromatic carbocycles. The summed E-state index contributed by atoms with van der Waals surface area (Å²) < 4.78 is 5.45. The van der Waals surface area contributed by atoms with Gasteiger partial charge in [-0.2, -0.15) is 0 Å². The van der Waals surface area contributed by atoms with E-state index in [4.69, 9.17) is 9.72 Å². The number of hydrogen-bond donors (Lipinski definition) is 0. The summed E-state index contributed by atoms with van der Waals surface area (Å²) in [7, 11) is 5.72. The van der Waals surface area contributed by atoms with E-state index in [1.165, 1.54) is 0 Å². The molecule has 8 heteroatoms. The SMILES string of the molecule is COC1CCC(C(=O)N2CCC(c3cc(N(C)C)nc(-c4cnccn4)n3)CC2)CC1. The first-order chi connectivity index (χ1) is 15.0. The van der Waals surface area contributed by atoms with Gasteiger partial charge in [0, 0.05) is 70.3 Å². The zero-order valence-corrected chi connectivity index (χ0v) is 18.7. The molecule has 8 nitrogen and oxygen atoms in total. The lowest BCUT2D eigenvalue weighted by molar-refractivity contribution is -0.138. The summed E-state index contributed by atoms with van der Waals surface area (Å²) in [6, 6.07) is 2.06. The summed E-state index contributed by atoms with van der Waals surface area (Å²) in [5.74, 6) is 2.25. The lowest BCUT2D eigenvalue weighted by atomic mass is 9.85. The molecule has 1 amide bonds. The fourth-order valence-electron chi connectivity index (χ4n) is 4.62. The molecular formula is C23H32N6O2. The molecule has 1 saturated carbocycles. The Labute approximate surface area is 184 Å². The van der Waals surface area contributed by atoms with E-state index in [1.54, 1.807) is 25.7 Å². The van der Waals surface area contributed by atoms with E-state index in [9.17, 15) is 4.79 Å². The molecule has 0 atom stereocenters. The van der Waals surface area contributed by atoms with Crippen molar-refractivity contribution in [1.82, 2.24) is 24.8 Å². The monoisotopic (exact) mass is 424 g/mol. The second-order valence-corrected chi connectivity index (χ2v) is 8.77. The van der Waals surface area contributed by atoms with Gasteiger partial charge in [-0.1, -0.05) is 0 Å². The second-order valence-electron chi connectivity index (χ2n) is 8.77. The van der Waals surface area contributed by atoms with Crippen molar-refractivity contribution in [2.24, 2.45) is 5.92 Å². The minimum absolute atomic E-state index is 0.158. The van der Waals surface area contributed by atoms with Crippen LogP contribution in [0.1, 0.15) is 50.1 Å². The molecule has 1 aliphatic heterocycles. The molecule has 0 radical (unpaired) electrons. The summed E-state index contributed by atoms with van der Waals surface area (Å²) in [6.45, 7) is 1.57. The molecule has 1 aliphatic carbocycles. The van der Waals surface area contributed by atoms with Crippen LogP contribution in [0.4, 0.5) is 5.82 Å². The van der Waals surface area contributed by atoms with E-state index in [0.29, 0.717) is 29.4 Å². The van der Waals surface area contributed by atoms with Crippen LogP contribution in [-0.4, -0.2) is 71.1 Å². The highest BCUT2D eigenvalue weighted by Crippen LogP contribution is 2.32. The Bertz CT molecular complexity index is 875. The summed E-state index contributed by atoms with van der Waals surface area (Å²) in [5.41, 5.74) is 1.69. The predicted molar refractivity (Wildman–Crippen MR) is 119 cm³/mol. The van der Waals surface area contributed by atoms with Gasteiger partial charge < -0.3 is 14.5 Å². The average Bonchev–Trinajstić information content (AvgIpc) is 2.84. The fourth-order valence-corrected chi connectivity index (χ4v) is 4.62. The highest BCUT2D eigenvalue weighted by molar-refractivity contribution is 5.79. The van der Waals surface area contributed by atoms with Crippen LogP contribution in [0.5, 0.6) is 0 Å². The van der Waals surface area contributed by atoms with E-state index in [0.717, 1.165) is 63.1 Å². The highest BCUT2D eigenvalue weighted by Gasteiger charge is 2.32. The van der Waals surface area contributed by atoms with Crippen LogP contribution in [0.25, 0.3) is 11.5 Å². The van der Waals surface area contributed by atoms with Crippen LogP contribution in [0.3, 0.4) is 0 Å². The van der Waals surface area contributed by atoms with Crippen molar-refractivity contribution in [3.63, 3.8) is 0 Å². The topological polar surface area (TPSA) is 84.3 Å². The van der Waals surface area contributed by atoms with E-state index in [1.807, 2.05) is 19.0 Å². The Hall–Kier alpha value is -2.61. The number of methoxy groups -OCH3 is 1. The van der Waals surface area contributed by atoms with E-state index >= 15 is 0 Å². The zero-order chi connectivity index (χ0) is 21.8. The molecule has 2 fully saturated rings. The number of carbonyl (C=O) groups excluding carboxylic acids is 1. The maximum absolute atomic E-state index is 13.0. The number of piperidine rings is 1. The Kier molecular flexibility index (Phi) is 6.75. The number of carbonyl (C=O) groups is 1. The van der Waals surface area contributed by atoms with Crippen molar-refractivity contribution in [3.05, 3.63) is 30.4 Å². The first-order valence-electron chi connectivity index (χ1n) is 11.2. The number of hydrogen-bond acceptors (Lipinski definition) is 7. The number of ether oxygens (including phenoxy) is 1.